The molecule has 1 N–H and O–H groups in total. The molecule has 0 aliphatic carbocycles. The van der Waals surface area contributed by atoms with Crippen LogP contribution in [0.15, 0.2) is 24.3 Å². The van der Waals surface area contributed by atoms with E-state index in [4.69, 9.17) is 21.4 Å². The van der Waals surface area contributed by atoms with Crippen LogP contribution in [0.4, 0.5) is 0 Å². The fourth-order valence-corrected chi connectivity index (χ4v) is 2.59. The van der Waals surface area contributed by atoms with E-state index in [1.807, 2.05) is 24.3 Å². The second-order valence-electron chi connectivity index (χ2n) is 4.82. The minimum atomic E-state index is -0.817. The van der Waals surface area contributed by atoms with Gasteiger partial charge in [0, 0.05) is 24.2 Å². The molecular formula is C14H18ClNO3. The zero-order valence-electron chi connectivity index (χ0n) is 10.9. The molecule has 2 unspecified atom stereocenters. The van der Waals surface area contributed by atoms with E-state index in [1.165, 1.54) is 0 Å². The first kappa shape index (κ1) is 14.3. The largest absolute Gasteiger partial charge is 0.481 e. The van der Waals surface area contributed by atoms with Gasteiger partial charge in [-0.2, -0.15) is 0 Å². The van der Waals surface area contributed by atoms with E-state index < -0.39 is 5.97 Å². The van der Waals surface area contributed by atoms with E-state index in [1.54, 1.807) is 0 Å². The van der Waals surface area contributed by atoms with E-state index in [9.17, 15) is 4.79 Å². The maximum atomic E-state index is 10.7. The predicted octanol–water partition coefficient (Wildman–Crippen LogP) is 2.58. The molecular weight excluding hydrogens is 266 g/mol. The molecule has 1 aliphatic rings. The summed E-state index contributed by atoms with van der Waals surface area (Å²) in [5.74, 6) is -0.817. The third-order valence-corrected chi connectivity index (χ3v) is 3.69. The van der Waals surface area contributed by atoms with Crippen molar-refractivity contribution in [2.75, 3.05) is 19.7 Å². The molecule has 5 heteroatoms. The summed E-state index contributed by atoms with van der Waals surface area (Å²) in [5.41, 5.74) is 1.14. The molecule has 0 radical (unpaired) electrons. The van der Waals surface area contributed by atoms with Gasteiger partial charge in [-0.25, -0.2) is 0 Å². The summed E-state index contributed by atoms with van der Waals surface area (Å²) in [4.78, 5) is 13.0. The maximum Gasteiger partial charge on any atom is 0.306 e. The van der Waals surface area contributed by atoms with Crippen LogP contribution in [0, 0.1) is 0 Å². The van der Waals surface area contributed by atoms with Crippen molar-refractivity contribution in [1.82, 2.24) is 4.90 Å². The van der Waals surface area contributed by atoms with Crippen LogP contribution in [-0.4, -0.2) is 41.8 Å². The minimum absolute atomic E-state index is 0.0543. The number of benzene rings is 1. The van der Waals surface area contributed by atoms with Crippen LogP contribution < -0.4 is 0 Å². The Morgan fingerprint density at radius 3 is 3.11 bits per heavy atom. The van der Waals surface area contributed by atoms with Gasteiger partial charge in [-0.05, 0) is 24.6 Å². The highest BCUT2D eigenvalue weighted by Crippen LogP contribution is 2.25. The van der Waals surface area contributed by atoms with E-state index in [-0.39, 0.29) is 18.6 Å². The Labute approximate surface area is 117 Å². The topological polar surface area (TPSA) is 49.8 Å². The zero-order chi connectivity index (χ0) is 13.8. The molecule has 1 aromatic carbocycles. The Morgan fingerprint density at radius 2 is 2.42 bits per heavy atom. The number of morpholine rings is 1. The zero-order valence-corrected chi connectivity index (χ0v) is 11.6. The summed E-state index contributed by atoms with van der Waals surface area (Å²) in [6.07, 6.45) is -0.174. The second-order valence-corrected chi connectivity index (χ2v) is 5.25. The number of hydrogen-bond donors (Lipinski definition) is 1. The standard InChI is InChI=1S/C14H18ClNO3/c1-10(11-3-2-4-12(15)7-11)16-5-6-19-13(9-16)8-14(17)18/h2-4,7,10,13H,5-6,8-9H2,1H3,(H,17,18). The van der Waals surface area contributed by atoms with Gasteiger partial charge in [0.2, 0.25) is 0 Å². The van der Waals surface area contributed by atoms with Crippen molar-refractivity contribution in [3.63, 3.8) is 0 Å². The van der Waals surface area contributed by atoms with Gasteiger partial charge in [0.1, 0.15) is 0 Å². The number of carboxylic acids is 1. The molecule has 2 rings (SSSR count). The molecule has 1 aliphatic heterocycles. The molecule has 0 saturated carbocycles. The van der Waals surface area contributed by atoms with Gasteiger partial charge in [0.05, 0.1) is 19.1 Å². The Hall–Kier alpha value is -1.10. The number of hydrogen-bond acceptors (Lipinski definition) is 3. The van der Waals surface area contributed by atoms with Crippen LogP contribution in [-0.2, 0) is 9.53 Å². The van der Waals surface area contributed by atoms with Gasteiger partial charge < -0.3 is 9.84 Å². The Morgan fingerprint density at radius 1 is 1.63 bits per heavy atom. The van der Waals surface area contributed by atoms with Crippen LogP contribution in [0.1, 0.15) is 24.9 Å². The lowest BCUT2D eigenvalue weighted by molar-refractivity contribution is -0.142. The summed E-state index contributed by atoms with van der Waals surface area (Å²) in [6, 6.07) is 7.98. The average molecular weight is 284 g/mol. The normalized spacial score (nSPS) is 22.1. The van der Waals surface area contributed by atoms with Crippen LogP contribution in [0.5, 0.6) is 0 Å². The Balaban J connectivity index is 2.02. The van der Waals surface area contributed by atoms with E-state index in [0.29, 0.717) is 13.2 Å². The van der Waals surface area contributed by atoms with Gasteiger partial charge in [0.25, 0.3) is 0 Å². The molecule has 1 aromatic rings. The van der Waals surface area contributed by atoms with Crippen LogP contribution in [0.3, 0.4) is 0 Å². The fourth-order valence-electron chi connectivity index (χ4n) is 2.39. The number of nitrogens with zero attached hydrogens (tertiary/aromatic N) is 1. The smallest absolute Gasteiger partial charge is 0.306 e. The number of aliphatic carboxylic acids is 1. The monoisotopic (exact) mass is 283 g/mol. The first-order chi connectivity index (χ1) is 9.06. The lowest BCUT2D eigenvalue weighted by Gasteiger charge is -2.36. The maximum absolute atomic E-state index is 10.7. The van der Waals surface area contributed by atoms with Crippen LogP contribution in [0.2, 0.25) is 5.02 Å². The van der Waals surface area contributed by atoms with E-state index in [0.717, 1.165) is 17.1 Å². The van der Waals surface area contributed by atoms with Crippen molar-refractivity contribution < 1.29 is 14.6 Å². The molecule has 1 saturated heterocycles. The van der Waals surface area contributed by atoms with Crippen molar-refractivity contribution in [3.8, 4) is 0 Å². The van der Waals surface area contributed by atoms with Crippen molar-refractivity contribution in [2.24, 2.45) is 0 Å². The first-order valence-corrected chi connectivity index (χ1v) is 6.77. The molecule has 1 fully saturated rings. The minimum Gasteiger partial charge on any atom is -0.481 e. The van der Waals surface area contributed by atoms with Crippen molar-refractivity contribution in [3.05, 3.63) is 34.9 Å². The number of carboxylic acid groups (broad SMARTS) is 1. The van der Waals surface area contributed by atoms with Gasteiger partial charge in [0.15, 0.2) is 0 Å². The molecule has 19 heavy (non-hydrogen) atoms. The SMILES string of the molecule is CC(c1cccc(Cl)c1)N1CCOC(CC(=O)O)C1. The predicted molar refractivity (Wildman–Crippen MR) is 73.4 cm³/mol. The number of rotatable bonds is 4. The van der Waals surface area contributed by atoms with E-state index in [2.05, 4.69) is 11.8 Å². The third kappa shape index (κ3) is 3.93. The third-order valence-electron chi connectivity index (χ3n) is 3.45. The van der Waals surface area contributed by atoms with Gasteiger partial charge in [-0.15, -0.1) is 0 Å². The number of ether oxygens (including phenoxy) is 1. The van der Waals surface area contributed by atoms with Gasteiger partial charge in [-0.1, -0.05) is 23.7 Å². The summed E-state index contributed by atoms with van der Waals surface area (Å²) >= 11 is 6.00. The van der Waals surface area contributed by atoms with Crippen molar-refractivity contribution >= 4 is 17.6 Å². The molecule has 0 amide bonds. The Kier molecular flexibility index (Phi) is 4.80. The number of carbonyl (C=O) groups is 1. The molecule has 104 valence electrons. The van der Waals surface area contributed by atoms with Crippen molar-refractivity contribution in [2.45, 2.75) is 25.5 Å². The fraction of sp³-hybridized carbons (Fsp3) is 0.500. The highest BCUT2D eigenvalue weighted by molar-refractivity contribution is 6.30. The molecule has 1 heterocycles. The second kappa shape index (κ2) is 6.37. The molecule has 2 atom stereocenters. The first-order valence-electron chi connectivity index (χ1n) is 6.39. The summed E-state index contributed by atoms with van der Waals surface area (Å²) in [7, 11) is 0. The average Bonchev–Trinajstić information content (AvgIpc) is 2.37. The number of halogens is 1. The molecule has 4 nitrogen and oxygen atoms in total. The van der Waals surface area contributed by atoms with Gasteiger partial charge >= 0.3 is 5.97 Å². The highest BCUT2D eigenvalue weighted by atomic mass is 35.5. The Bertz CT molecular complexity index is 452. The highest BCUT2D eigenvalue weighted by Gasteiger charge is 2.26. The van der Waals surface area contributed by atoms with Crippen LogP contribution >= 0.6 is 11.6 Å². The molecule has 0 aromatic heterocycles. The molecule has 0 spiro atoms. The lowest BCUT2D eigenvalue weighted by Crippen LogP contribution is -2.44. The van der Waals surface area contributed by atoms with Gasteiger partial charge in [-0.3, -0.25) is 9.69 Å². The van der Waals surface area contributed by atoms with E-state index >= 15 is 0 Å². The lowest BCUT2D eigenvalue weighted by atomic mass is 10.1. The van der Waals surface area contributed by atoms with Crippen LogP contribution in [0.25, 0.3) is 0 Å². The summed E-state index contributed by atoms with van der Waals surface area (Å²) in [6.45, 7) is 4.13. The summed E-state index contributed by atoms with van der Waals surface area (Å²) < 4.78 is 5.48. The van der Waals surface area contributed by atoms with Crippen molar-refractivity contribution in [1.29, 1.82) is 0 Å². The summed E-state index contributed by atoms with van der Waals surface area (Å²) in [5, 5.41) is 9.55. The molecule has 0 bridgehead atoms. The quantitative estimate of drug-likeness (QED) is 0.923.